The van der Waals surface area contributed by atoms with Crippen LogP contribution in [0.1, 0.15) is 36.0 Å². The summed E-state index contributed by atoms with van der Waals surface area (Å²) in [6.45, 7) is 5.70. The highest BCUT2D eigenvalue weighted by Gasteiger charge is 2.19. The van der Waals surface area contributed by atoms with Crippen molar-refractivity contribution < 1.29 is 9.90 Å². The number of carbonyl (C=O) groups is 1. The molecule has 2 aromatic rings. The smallest absolute Gasteiger partial charge is 0.231 e. The average molecular weight is 283 g/mol. The van der Waals surface area contributed by atoms with Gasteiger partial charge in [0.1, 0.15) is 5.75 Å². The van der Waals surface area contributed by atoms with Gasteiger partial charge in [0, 0.05) is 5.69 Å². The van der Waals surface area contributed by atoms with Crippen molar-refractivity contribution in [3.05, 3.63) is 59.2 Å². The monoisotopic (exact) mass is 283 g/mol. The molecule has 3 heteroatoms. The maximum atomic E-state index is 12.5. The van der Waals surface area contributed by atoms with Gasteiger partial charge in [-0.1, -0.05) is 37.3 Å². The first-order valence-corrected chi connectivity index (χ1v) is 7.19. The highest BCUT2D eigenvalue weighted by atomic mass is 16.3. The molecule has 0 aliphatic heterocycles. The molecule has 2 aromatic carbocycles. The Morgan fingerprint density at radius 3 is 2.43 bits per heavy atom. The number of nitrogens with one attached hydrogen (secondary N) is 1. The fourth-order valence-corrected chi connectivity index (χ4v) is 2.41. The van der Waals surface area contributed by atoms with E-state index >= 15 is 0 Å². The zero-order chi connectivity index (χ0) is 15.4. The van der Waals surface area contributed by atoms with Gasteiger partial charge in [-0.15, -0.1) is 0 Å². The summed E-state index contributed by atoms with van der Waals surface area (Å²) in [5.41, 5.74) is 3.38. The topological polar surface area (TPSA) is 49.3 Å². The van der Waals surface area contributed by atoms with E-state index in [1.165, 1.54) is 0 Å². The van der Waals surface area contributed by atoms with E-state index in [1.54, 1.807) is 12.1 Å². The zero-order valence-corrected chi connectivity index (χ0v) is 12.7. The second kappa shape index (κ2) is 6.44. The molecule has 110 valence electrons. The Kier molecular flexibility index (Phi) is 4.63. The Morgan fingerprint density at radius 1 is 1.14 bits per heavy atom. The quantitative estimate of drug-likeness (QED) is 0.828. The minimum absolute atomic E-state index is 0.0168. The van der Waals surface area contributed by atoms with Gasteiger partial charge in [0.25, 0.3) is 0 Å². The second-order valence-electron chi connectivity index (χ2n) is 5.31. The van der Waals surface area contributed by atoms with Gasteiger partial charge in [-0.25, -0.2) is 0 Å². The maximum Gasteiger partial charge on any atom is 0.231 e. The molecule has 0 saturated carbocycles. The molecule has 1 amide bonds. The highest BCUT2D eigenvalue weighted by molar-refractivity contribution is 5.96. The summed E-state index contributed by atoms with van der Waals surface area (Å²) in [5, 5.41) is 12.7. The van der Waals surface area contributed by atoms with Crippen LogP contribution in [0.5, 0.6) is 5.75 Å². The highest BCUT2D eigenvalue weighted by Crippen LogP contribution is 2.27. The first kappa shape index (κ1) is 15.1. The van der Waals surface area contributed by atoms with E-state index in [2.05, 4.69) is 5.32 Å². The lowest BCUT2D eigenvalue weighted by molar-refractivity contribution is -0.117. The fourth-order valence-electron chi connectivity index (χ4n) is 2.41. The SMILES string of the molecule is CCC(C(=O)Nc1cc(C)c(O)cc1C)c1ccccc1. The van der Waals surface area contributed by atoms with Crippen LogP contribution in [-0.4, -0.2) is 11.0 Å². The van der Waals surface area contributed by atoms with Gasteiger partial charge in [0.2, 0.25) is 5.91 Å². The Hall–Kier alpha value is -2.29. The lowest BCUT2D eigenvalue weighted by atomic mass is 9.95. The number of aryl methyl sites for hydroxylation is 2. The molecule has 1 atom stereocenters. The number of carbonyl (C=O) groups excluding carboxylic acids is 1. The van der Waals surface area contributed by atoms with Crippen molar-refractivity contribution >= 4 is 11.6 Å². The number of aromatic hydroxyl groups is 1. The van der Waals surface area contributed by atoms with Crippen LogP contribution in [-0.2, 0) is 4.79 Å². The summed E-state index contributed by atoms with van der Waals surface area (Å²) in [6.07, 6.45) is 0.742. The number of hydrogen-bond acceptors (Lipinski definition) is 2. The number of hydrogen-bond donors (Lipinski definition) is 2. The molecule has 0 heterocycles. The van der Waals surface area contributed by atoms with Gasteiger partial charge in [0.05, 0.1) is 5.92 Å². The van der Waals surface area contributed by atoms with Crippen molar-refractivity contribution in [2.75, 3.05) is 5.32 Å². The van der Waals surface area contributed by atoms with Gasteiger partial charge in [-0.3, -0.25) is 4.79 Å². The number of phenolic OH excluding ortho intramolecular Hbond substituents is 1. The third-order valence-electron chi connectivity index (χ3n) is 3.73. The lowest BCUT2D eigenvalue weighted by Crippen LogP contribution is -2.21. The van der Waals surface area contributed by atoms with Crippen molar-refractivity contribution in [2.45, 2.75) is 33.1 Å². The van der Waals surface area contributed by atoms with E-state index in [0.29, 0.717) is 0 Å². The maximum absolute atomic E-state index is 12.5. The molecule has 2 N–H and O–H groups in total. The molecule has 0 radical (unpaired) electrons. The van der Waals surface area contributed by atoms with E-state index in [1.807, 2.05) is 51.1 Å². The van der Waals surface area contributed by atoms with Crippen molar-refractivity contribution in [3.8, 4) is 5.75 Å². The van der Waals surface area contributed by atoms with Crippen molar-refractivity contribution in [1.82, 2.24) is 0 Å². The second-order valence-corrected chi connectivity index (χ2v) is 5.31. The van der Waals surface area contributed by atoms with Crippen LogP contribution in [0.4, 0.5) is 5.69 Å². The van der Waals surface area contributed by atoms with Crippen molar-refractivity contribution in [3.63, 3.8) is 0 Å². The molecule has 21 heavy (non-hydrogen) atoms. The number of rotatable bonds is 4. The molecule has 0 aliphatic rings. The van der Waals surface area contributed by atoms with Gasteiger partial charge in [-0.05, 0) is 49.1 Å². The Balaban J connectivity index is 2.23. The lowest BCUT2D eigenvalue weighted by Gasteiger charge is -2.17. The van der Waals surface area contributed by atoms with Gasteiger partial charge in [-0.2, -0.15) is 0 Å². The third-order valence-corrected chi connectivity index (χ3v) is 3.73. The largest absolute Gasteiger partial charge is 0.508 e. The molecular formula is C18H21NO2. The fraction of sp³-hybridized carbons (Fsp3) is 0.278. The van der Waals surface area contributed by atoms with E-state index in [0.717, 1.165) is 28.8 Å². The number of benzene rings is 2. The summed E-state index contributed by atoms with van der Waals surface area (Å²) < 4.78 is 0. The molecule has 3 nitrogen and oxygen atoms in total. The van der Waals surface area contributed by atoms with Crippen LogP contribution < -0.4 is 5.32 Å². The number of amides is 1. The summed E-state index contributed by atoms with van der Waals surface area (Å²) in [6, 6.07) is 13.3. The Labute approximate surface area is 125 Å². The molecule has 2 rings (SSSR count). The molecule has 0 fully saturated rings. The third kappa shape index (κ3) is 3.43. The molecule has 0 aliphatic carbocycles. The first-order chi connectivity index (χ1) is 10.0. The number of phenols is 1. The van der Waals surface area contributed by atoms with E-state index < -0.39 is 0 Å². The zero-order valence-electron chi connectivity index (χ0n) is 12.7. The molecule has 0 bridgehead atoms. The van der Waals surface area contributed by atoms with Crippen LogP contribution in [0.25, 0.3) is 0 Å². The van der Waals surface area contributed by atoms with Crippen LogP contribution >= 0.6 is 0 Å². The van der Waals surface area contributed by atoms with Crippen LogP contribution in [0.2, 0.25) is 0 Å². The summed E-state index contributed by atoms with van der Waals surface area (Å²) >= 11 is 0. The van der Waals surface area contributed by atoms with Crippen LogP contribution in [0.15, 0.2) is 42.5 Å². The van der Waals surface area contributed by atoms with Gasteiger partial charge < -0.3 is 10.4 Å². The predicted octanol–water partition coefficient (Wildman–Crippen LogP) is 4.14. The minimum Gasteiger partial charge on any atom is -0.508 e. The first-order valence-electron chi connectivity index (χ1n) is 7.19. The number of anilines is 1. The summed E-state index contributed by atoms with van der Waals surface area (Å²) in [5.74, 6) is 0.0669. The average Bonchev–Trinajstić information content (AvgIpc) is 2.46. The molecular weight excluding hydrogens is 262 g/mol. The van der Waals surface area contributed by atoms with Gasteiger partial charge in [0.15, 0.2) is 0 Å². The summed E-state index contributed by atoms with van der Waals surface area (Å²) in [4.78, 5) is 12.5. The Bertz CT molecular complexity index is 635. The normalized spacial score (nSPS) is 12.0. The predicted molar refractivity (Wildman–Crippen MR) is 85.7 cm³/mol. The summed E-state index contributed by atoms with van der Waals surface area (Å²) in [7, 11) is 0. The van der Waals surface area contributed by atoms with Crippen molar-refractivity contribution in [2.24, 2.45) is 0 Å². The van der Waals surface area contributed by atoms with E-state index in [4.69, 9.17) is 0 Å². The van der Waals surface area contributed by atoms with Crippen molar-refractivity contribution in [1.29, 1.82) is 0 Å². The molecule has 0 aromatic heterocycles. The standard InChI is InChI=1S/C18H21NO2/c1-4-15(14-8-6-5-7-9-14)18(21)19-16-10-13(3)17(20)11-12(16)2/h5-11,15,20H,4H2,1-3H3,(H,19,21). The Morgan fingerprint density at radius 2 is 1.81 bits per heavy atom. The van der Waals surface area contributed by atoms with E-state index in [9.17, 15) is 9.90 Å². The molecule has 1 unspecified atom stereocenters. The van der Waals surface area contributed by atoms with Crippen LogP contribution in [0, 0.1) is 13.8 Å². The van der Waals surface area contributed by atoms with E-state index in [-0.39, 0.29) is 17.6 Å². The molecule has 0 saturated heterocycles. The van der Waals surface area contributed by atoms with Crippen LogP contribution in [0.3, 0.4) is 0 Å². The van der Waals surface area contributed by atoms with Gasteiger partial charge >= 0.3 is 0 Å². The molecule has 0 spiro atoms. The minimum atomic E-state index is -0.167.